The number of aromatic nitrogens is 2. The standard InChI is InChI=1S/C17H16N4O3/c22-17(14-6-1-2-7-15(14)21(23)24)19-10-4-11-20-12-8-13-5-3-9-18-16(13)20/h1-3,5-9,12H,4,10-11H2,(H,19,22). The van der Waals surface area contributed by atoms with Crippen molar-refractivity contribution in [3.8, 4) is 0 Å². The zero-order valence-electron chi connectivity index (χ0n) is 12.9. The third-order valence-electron chi connectivity index (χ3n) is 3.73. The normalized spacial score (nSPS) is 10.7. The lowest BCUT2D eigenvalue weighted by Gasteiger charge is -2.07. The first kappa shape index (κ1) is 15.7. The fourth-order valence-electron chi connectivity index (χ4n) is 2.57. The molecule has 0 aliphatic rings. The first-order valence-corrected chi connectivity index (χ1v) is 7.58. The molecule has 1 N–H and O–H groups in total. The Labute approximate surface area is 138 Å². The second-order valence-electron chi connectivity index (χ2n) is 5.31. The lowest BCUT2D eigenvalue weighted by atomic mass is 10.1. The molecule has 0 bridgehead atoms. The van der Waals surface area contributed by atoms with E-state index in [4.69, 9.17) is 0 Å². The summed E-state index contributed by atoms with van der Waals surface area (Å²) in [5, 5.41) is 14.7. The highest BCUT2D eigenvalue weighted by Gasteiger charge is 2.18. The highest BCUT2D eigenvalue weighted by atomic mass is 16.6. The number of amides is 1. The highest BCUT2D eigenvalue weighted by Crippen LogP contribution is 2.17. The van der Waals surface area contributed by atoms with Gasteiger partial charge >= 0.3 is 0 Å². The minimum atomic E-state index is -0.549. The lowest BCUT2D eigenvalue weighted by molar-refractivity contribution is -0.385. The van der Waals surface area contributed by atoms with Crippen LogP contribution >= 0.6 is 0 Å². The number of nitrogens with one attached hydrogen (secondary N) is 1. The number of nitro benzene ring substituents is 1. The summed E-state index contributed by atoms with van der Waals surface area (Å²) in [5.74, 6) is -0.433. The first-order chi connectivity index (χ1) is 11.7. The van der Waals surface area contributed by atoms with Crippen LogP contribution in [0.5, 0.6) is 0 Å². The summed E-state index contributed by atoms with van der Waals surface area (Å²) in [6.45, 7) is 1.13. The van der Waals surface area contributed by atoms with Gasteiger partial charge in [-0.3, -0.25) is 14.9 Å². The van der Waals surface area contributed by atoms with E-state index in [0.29, 0.717) is 19.5 Å². The fourth-order valence-corrected chi connectivity index (χ4v) is 2.57. The van der Waals surface area contributed by atoms with Crippen LogP contribution in [0.15, 0.2) is 54.9 Å². The van der Waals surface area contributed by atoms with E-state index in [-0.39, 0.29) is 11.3 Å². The van der Waals surface area contributed by atoms with Gasteiger partial charge in [0.05, 0.1) is 4.92 Å². The maximum atomic E-state index is 12.1. The Morgan fingerprint density at radius 3 is 2.88 bits per heavy atom. The number of hydrogen-bond acceptors (Lipinski definition) is 4. The quantitative estimate of drug-likeness (QED) is 0.429. The third kappa shape index (κ3) is 3.24. The molecule has 0 atom stereocenters. The Morgan fingerprint density at radius 1 is 1.21 bits per heavy atom. The molecule has 3 aromatic rings. The summed E-state index contributed by atoms with van der Waals surface area (Å²) < 4.78 is 2.02. The number of carbonyl (C=O) groups is 1. The molecule has 2 aromatic heterocycles. The van der Waals surface area contributed by atoms with Crippen molar-refractivity contribution in [2.24, 2.45) is 0 Å². The molecule has 0 fully saturated rings. The predicted molar refractivity (Wildman–Crippen MR) is 89.8 cm³/mol. The van der Waals surface area contributed by atoms with Gasteiger partial charge in [-0.05, 0) is 30.7 Å². The maximum absolute atomic E-state index is 12.1. The predicted octanol–water partition coefficient (Wildman–Crippen LogP) is 2.76. The largest absolute Gasteiger partial charge is 0.352 e. The van der Waals surface area contributed by atoms with E-state index >= 15 is 0 Å². The van der Waals surface area contributed by atoms with Crippen molar-refractivity contribution in [2.45, 2.75) is 13.0 Å². The van der Waals surface area contributed by atoms with Crippen LogP contribution in [0.3, 0.4) is 0 Å². The number of nitro groups is 1. The molecular formula is C17H16N4O3. The number of hydrogen-bond donors (Lipinski definition) is 1. The van der Waals surface area contributed by atoms with Gasteiger partial charge in [-0.15, -0.1) is 0 Å². The lowest BCUT2D eigenvalue weighted by Crippen LogP contribution is -2.26. The number of fused-ring (bicyclic) bond motifs is 1. The third-order valence-corrected chi connectivity index (χ3v) is 3.73. The molecule has 2 heterocycles. The summed E-state index contributed by atoms with van der Waals surface area (Å²) in [4.78, 5) is 26.8. The van der Waals surface area contributed by atoms with Crippen LogP contribution in [0, 0.1) is 10.1 Å². The number of pyridine rings is 1. The molecule has 1 amide bonds. The van der Waals surface area contributed by atoms with Crippen molar-refractivity contribution >= 4 is 22.6 Å². The molecule has 1 aromatic carbocycles. The SMILES string of the molecule is O=C(NCCCn1ccc2cccnc21)c1ccccc1[N+](=O)[O-]. The molecule has 122 valence electrons. The van der Waals surface area contributed by atoms with E-state index in [1.165, 1.54) is 12.1 Å². The van der Waals surface area contributed by atoms with Crippen LogP contribution in [-0.4, -0.2) is 26.9 Å². The van der Waals surface area contributed by atoms with Crippen molar-refractivity contribution in [1.82, 2.24) is 14.9 Å². The number of carbonyl (C=O) groups excluding carboxylic acids is 1. The molecule has 0 aliphatic carbocycles. The average molecular weight is 324 g/mol. The van der Waals surface area contributed by atoms with Gasteiger partial charge in [0.2, 0.25) is 0 Å². The zero-order chi connectivity index (χ0) is 16.9. The maximum Gasteiger partial charge on any atom is 0.282 e. The number of rotatable bonds is 6. The molecule has 0 saturated heterocycles. The minimum Gasteiger partial charge on any atom is -0.352 e. The van der Waals surface area contributed by atoms with Crippen molar-refractivity contribution in [3.05, 3.63) is 70.5 Å². The number of para-hydroxylation sites is 1. The average Bonchev–Trinajstić information content (AvgIpc) is 3.01. The molecule has 24 heavy (non-hydrogen) atoms. The summed E-state index contributed by atoms with van der Waals surface area (Å²) in [7, 11) is 0. The number of nitrogens with zero attached hydrogens (tertiary/aromatic N) is 3. The van der Waals surface area contributed by atoms with E-state index < -0.39 is 10.8 Å². The van der Waals surface area contributed by atoms with Crippen LogP contribution in [0.25, 0.3) is 11.0 Å². The van der Waals surface area contributed by atoms with Crippen LogP contribution in [-0.2, 0) is 6.54 Å². The molecule has 7 heteroatoms. The van der Waals surface area contributed by atoms with E-state index in [0.717, 1.165) is 11.0 Å². The van der Waals surface area contributed by atoms with E-state index in [1.54, 1.807) is 18.3 Å². The zero-order valence-corrected chi connectivity index (χ0v) is 12.9. The monoisotopic (exact) mass is 324 g/mol. The summed E-state index contributed by atoms with van der Waals surface area (Å²) in [6.07, 6.45) is 4.41. The summed E-state index contributed by atoms with van der Waals surface area (Å²) in [6, 6.07) is 11.8. The van der Waals surface area contributed by atoms with Gasteiger partial charge in [0.25, 0.3) is 11.6 Å². The van der Waals surface area contributed by atoms with Gasteiger partial charge in [-0.1, -0.05) is 12.1 Å². The molecule has 0 saturated carbocycles. The topological polar surface area (TPSA) is 90.1 Å². The van der Waals surface area contributed by atoms with Gasteiger partial charge in [-0.2, -0.15) is 0 Å². The Hall–Kier alpha value is -3.22. The van der Waals surface area contributed by atoms with Gasteiger partial charge in [0.15, 0.2) is 0 Å². The van der Waals surface area contributed by atoms with Crippen molar-refractivity contribution in [2.75, 3.05) is 6.54 Å². The van der Waals surface area contributed by atoms with Crippen LogP contribution in [0.2, 0.25) is 0 Å². The fraction of sp³-hybridized carbons (Fsp3) is 0.176. The summed E-state index contributed by atoms with van der Waals surface area (Å²) >= 11 is 0. The van der Waals surface area contributed by atoms with E-state index in [1.807, 2.05) is 29.0 Å². The number of benzene rings is 1. The Bertz CT molecular complexity index is 888. The van der Waals surface area contributed by atoms with E-state index in [9.17, 15) is 14.9 Å². The highest BCUT2D eigenvalue weighted by molar-refractivity contribution is 5.98. The van der Waals surface area contributed by atoms with Crippen LogP contribution < -0.4 is 5.32 Å². The minimum absolute atomic E-state index is 0.0792. The molecule has 0 radical (unpaired) electrons. The first-order valence-electron chi connectivity index (χ1n) is 7.58. The van der Waals surface area contributed by atoms with Crippen molar-refractivity contribution in [3.63, 3.8) is 0 Å². The number of aryl methyl sites for hydroxylation is 1. The van der Waals surface area contributed by atoms with Crippen molar-refractivity contribution < 1.29 is 9.72 Å². The Morgan fingerprint density at radius 2 is 2.04 bits per heavy atom. The molecular weight excluding hydrogens is 308 g/mol. The Balaban J connectivity index is 1.57. The van der Waals surface area contributed by atoms with E-state index in [2.05, 4.69) is 10.3 Å². The Kier molecular flexibility index (Phi) is 4.51. The van der Waals surface area contributed by atoms with Gasteiger partial charge in [0.1, 0.15) is 11.2 Å². The van der Waals surface area contributed by atoms with Gasteiger partial charge in [-0.25, -0.2) is 4.98 Å². The second-order valence-corrected chi connectivity index (χ2v) is 5.31. The molecule has 0 spiro atoms. The van der Waals surface area contributed by atoms with Crippen LogP contribution in [0.1, 0.15) is 16.8 Å². The summed E-state index contributed by atoms with van der Waals surface area (Å²) in [5.41, 5.74) is 0.800. The molecule has 3 rings (SSSR count). The van der Waals surface area contributed by atoms with Crippen LogP contribution in [0.4, 0.5) is 5.69 Å². The van der Waals surface area contributed by atoms with Gasteiger partial charge in [0, 0.05) is 36.9 Å². The molecule has 0 aliphatic heterocycles. The molecule has 7 nitrogen and oxygen atoms in total. The molecule has 0 unspecified atom stereocenters. The van der Waals surface area contributed by atoms with Crippen molar-refractivity contribution in [1.29, 1.82) is 0 Å². The smallest absolute Gasteiger partial charge is 0.282 e. The van der Waals surface area contributed by atoms with Gasteiger partial charge < -0.3 is 9.88 Å². The second kappa shape index (κ2) is 6.91.